The number of esters is 1. The molecule has 0 radical (unpaired) electrons. The van der Waals surface area contributed by atoms with Crippen molar-refractivity contribution in [3.8, 4) is 0 Å². The highest BCUT2D eigenvalue weighted by molar-refractivity contribution is 5.79. The molecule has 2 aromatic rings. The third kappa shape index (κ3) is 2.66. The van der Waals surface area contributed by atoms with Crippen LogP contribution in [0.5, 0.6) is 0 Å². The number of benzene rings is 1. The summed E-state index contributed by atoms with van der Waals surface area (Å²) in [6, 6.07) is 5.07. The van der Waals surface area contributed by atoms with Gasteiger partial charge in [0.05, 0.1) is 12.1 Å². The lowest BCUT2D eigenvalue weighted by molar-refractivity contribution is -0.140. The molecule has 0 aliphatic carbocycles. The predicted octanol–water partition coefficient (Wildman–Crippen LogP) is 1.10. The van der Waals surface area contributed by atoms with Gasteiger partial charge in [-0.2, -0.15) is 0 Å². The average molecular weight is 236 g/mol. The molecule has 0 atom stereocenters. The zero-order valence-corrected chi connectivity index (χ0v) is 9.28. The Bertz CT molecular complexity index is 584. The number of oxazole rings is 1. The standard InChI is InChI=1S/C11H12N2O4/c1-2-16-10(14)6-12-7-3-4-9-8(5-7)13-11(15)17-9/h3-5,12H,2,6H2,1H3,(H,13,15). The number of carbonyl (C=O) groups is 1. The topological polar surface area (TPSA) is 84.3 Å². The van der Waals surface area contributed by atoms with Gasteiger partial charge in [-0.3, -0.25) is 9.78 Å². The molecule has 0 aliphatic rings. The van der Waals surface area contributed by atoms with Gasteiger partial charge in [-0.1, -0.05) is 0 Å². The number of ether oxygens (including phenoxy) is 1. The molecule has 1 heterocycles. The number of carbonyl (C=O) groups excluding carboxylic acids is 1. The van der Waals surface area contributed by atoms with Gasteiger partial charge >= 0.3 is 11.7 Å². The first-order valence-corrected chi connectivity index (χ1v) is 5.21. The number of aromatic nitrogens is 1. The van der Waals surface area contributed by atoms with Crippen LogP contribution in [-0.2, 0) is 9.53 Å². The minimum absolute atomic E-state index is 0.0848. The molecule has 0 saturated carbocycles. The molecule has 6 nitrogen and oxygen atoms in total. The first-order chi connectivity index (χ1) is 8.19. The largest absolute Gasteiger partial charge is 0.465 e. The number of aromatic amines is 1. The van der Waals surface area contributed by atoms with Crippen LogP contribution in [0.1, 0.15) is 6.92 Å². The van der Waals surface area contributed by atoms with Crippen LogP contribution in [-0.4, -0.2) is 24.1 Å². The van der Waals surface area contributed by atoms with E-state index in [0.29, 0.717) is 23.4 Å². The lowest BCUT2D eigenvalue weighted by atomic mass is 10.3. The average Bonchev–Trinajstić information content (AvgIpc) is 2.66. The van der Waals surface area contributed by atoms with Gasteiger partial charge in [-0.25, -0.2) is 4.79 Å². The number of rotatable bonds is 4. The number of hydrogen-bond donors (Lipinski definition) is 2. The number of anilines is 1. The van der Waals surface area contributed by atoms with Gasteiger partial charge in [0.15, 0.2) is 5.58 Å². The van der Waals surface area contributed by atoms with Gasteiger partial charge in [0.25, 0.3) is 0 Å². The van der Waals surface area contributed by atoms with Crippen molar-refractivity contribution in [2.45, 2.75) is 6.92 Å². The number of nitrogens with one attached hydrogen (secondary N) is 2. The predicted molar refractivity (Wildman–Crippen MR) is 62.0 cm³/mol. The van der Waals surface area contributed by atoms with E-state index >= 15 is 0 Å². The molecular formula is C11H12N2O4. The first-order valence-electron chi connectivity index (χ1n) is 5.21. The van der Waals surface area contributed by atoms with E-state index in [0.717, 1.165) is 0 Å². The van der Waals surface area contributed by atoms with E-state index in [1.54, 1.807) is 25.1 Å². The van der Waals surface area contributed by atoms with Gasteiger partial charge in [-0.15, -0.1) is 0 Å². The van der Waals surface area contributed by atoms with Crippen LogP contribution in [0.15, 0.2) is 27.4 Å². The second-order valence-electron chi connectivity index (χ2n) is 3.38. The molecule has 0 aliphatic heterocycles. The van der Waals surface area contributed by atoms with Gasteiger partial charge in [0.1, 0.15) is 6.54 Å². The zero-order chi connectivity index (χ0) is 12.3. The van der Waals surface area contributed by atoms with Crippen LogP contribution in [0.2, 0.25) is 0 Å². The summed E-state index contributed by atoms with van der Waals surface area (Å²) in [5.74, 6) is -0.823. The fourth-order valence-corrected chi connectivity index (χ4v) is 1.45. The molecule has 0 amide bonds. The van der Waals surface area contributed by atoms with E-state index in [1.165, 1.54) is 0 Å². The monoisotopic (exact) mass is 236 g/mol. The van der Waals surface area contributed by atoms with Crippen molar-refractivity contribution in [3.05, 3.63) is 28.7 Å². The lowest BCUT2D eigenvalue weighted by Gasteiger charge is -2.05. The minimum Gasteiger partial charge on any atom is -0.465 e. The van der Waals surface area contributed by atoms with E-state index in [9.17, 15) is 9.59 Å². The molecule has 0 saturated heterocycles. The van der Waals surface area contributed by atoms with E-state index in [-0.39, 0.29) is 12.5 Å². The fourth-order valence-electron chi connectivity index (χ4n) is 1.45. The number of hydrogen-bond acceptors (Lipinski definition) is 5. The molecule has 90 valence electrons. The maximum atomic E-state index is 11.1. The summed E-state index contributed by atoms with van der Waals surface area (Å²) < 4.78 is 9.63. The van der Waals surface area contributed by atoms with Crippen LogP contribution in [0.4, 0.5) is 5.69 Å². The lowest BCUT2D eigenvalue weighted by Crippen LogP contribution is -2.16. The van der Waals surface area contributed by atoms with Crippen molar-refractivity contribution >= 4 is 22.8 Å². The molecule has 2 rings (SSSR count). The van der Waals surface area contributed by atoms with Crippen molar-refractivity contribution in [2.75, 3.05) is 18.5 Å². The highest BCUT2D eigenvalue weighted by Gasteiger charge is 2.04. The van der Waals surface area contributed by atoms with Crippen molar-refractivity contribution in [2.24, 2.45) is 0 Å². The van der Waals surface area contributed by atoms with Crippen molar-refractivity contribution < 1.29 is 13.9 Å². The Labute approximate surface area is 96.6 Å². The van der Waals surface area contributed by atoms with Crippen molar-refractivity contribution in [1.29, 1.82) is 0 Å². The molecule has 0 fully saturated rings. The summed E-state index contributed by atoms with van der Waals surface area (Å²) in [7, 11) is 0. The van der Waals surface area contributed by atoms with E-state index in [1.807, 2.05) is 0 Å². The molecular weight excluding hydrogens is 224 g/mol. The van der Waals surface area contributed by atoms with E-state index < -0.39 is 5.76 Å². The van der Waals surface area contributed by atoms with Gasteiger partial charge < -0.3 is 14.5 Å². The first kappa shape index (κ1) is 11.3. The van der Waals surface area contributed by atoms with Crippen LogP contribution in [0, 0.1) is 0 Å². The summed E-state index contributed by atoms with van der Waals surface area (Å²) in [5, 5.41) is 2.89. The van der Waals surface area contributed by atoms with Crippen LogP contribution in [0.3, 0.4) is 0 Å². The van der Waals surface area contributed by atoms with Gasteiger partial charge in [0, 0.05) is 5.69 Å². The van der Waals surface area contributed by atoms with Crippen molar-refractivity contribution in [1.82, 2.24) is 4.98 Å². The molecule has 0 unspecified atom stereocenters. The maximum Gasteiger partial charge on any atom is 0.417 e. The quantitative estimate of drug-likeness (QED) is 0.776. The highest BCUT2D eigenvalue weighted by atomic mass is 16.5. The Kier molecular flexibility index (Phi) is 3.13. The molecule has 6 heteroatoms. The summed E-state index contributed by atoms with van der Waals surface area (Å²) in [6.45, 7) is 2.19. The highest BCUT2D eigenvalue weighted by Crippen LogP contribution is 2.15. The summed E-state index contributed by atoms with van der Waals surface area (Å²) in [6.07, 6.45) is 0. The molecule has 17 heavy (non-hydrogen) atoms. The van der Waals surface area contributed by atoms with E-state index in [4.69, 9.17) is 9.15 Å². The second-order valence-corrected chi connectivity index (χ2v) is 3.38. The molecule has 1 aromatic heterocycles. The molecule has 2 N–H and O–H groups in total. The Hall–Kier alpha value is -2.24. The number of H-pyrrole nitrogens is 1. The third-order valence-corrected chi connectivity index (χ3v) is 2.16. The van der Waals surface area contributed by atoms with Gasteiger partial charge in [0.2, 0.25) is 0 Å². The molecule has 0 bridgehead atoms. The minimum atomic E-state index is -0.498. The fraction of sp³-hybridized carbons (Fsp3) is 0.273. The normalized spacial score (nSPS) is 10.4. The maximum absolute atomic E-state index is 11.1. The Morgan fingerprint density at radius 3 is 3.12 bits per heavy atom. The van der Waals surface area contributed by atoms with Crippen LogP contribution in [0.25, 0.3) is 11.1 Å². The summed E-state index contributed by atoms with van der Waals surface area (Å²) >= 11 is 0. The Morgan fingerprint density at radius 1 is 1.53 bits per heavy atom. The number of fused-ring (bicyclic) bond motifs is 1. The summed E-state index contributed by atoms with van der Waals surface area (Å²) in [4.78, 5) is 24.6. The second kappa shape index (κ2) is 4.73. The van der Waals surface area contributed by atoms with E-state index in [2.05, 4.69) is 10.3 Å². The summed E-state index contributed by atoms with van der Waals surface area (Å²) in [5.41, 5.74) is 1.78. The van der Waals surface area contributed by atoms with Crippen molar-refractivity contribution in [3.63, 3.8) is 0 Å². The van der Waals surface area contributed by atoms with Crippen LogP contribution >= 0.6 is 0 Å². The van der Waals surface area contributed by atoms with Crippen LogP contribution < -0.4 is 11.1 Å². The Balaban J connectivity index is 2.08. The zero-order valence-electron chi connectivity index (χ0n) is 9.28. The third-order valence-electron chi connectivity index (χ3n) is 2.16. The van der Waals surface area contributed by atoms with Gasteiger partial charge in [-0.05, 0) is 25.1 Å². The molecule has 0 spiro atoms. The molecule has 1 aromatic carbocycles. The SMILES string of the molecule is CCOC(=O)CNc1ccc2oc(=O)[nH]c2c1. The smallest absolute Gasteiger partial charge is 0.417 e. The Morgan fingerprint density at radius 2 is 2.35 bits per heavy atom.